The molecule has 0 amide bonds. The van der Waals surface area contributed by atoms with E-state index in [4.69, 9.17) is 4.74 Å². The molecule has 29 heavy (non-hydrogen) atoms. The van der Waals surface area contributed by atoms with Gasteiger partial charge in [-0.05, 0) is 30.3 Å². The molecule has 0 saturated carbocycles. The zero-order valence-corrected chi connectivity index (χ0v) is 16.5. The van der Waals surface area contributed by atoms with Gasteiger partial charge < -0.3 is 4.74 Å². The summed E-state index contributed by atoms with van der Waals surface area (Å²) in [5.74, 6) is 0.954. The summed E-state index contributed by atoms with van der Waals surface area (Å²) in [7, 11) is 0. The second-order valence-corrected chi connectivity index (χ2v) is 6.68. The first-order chi connectivity index (χ1) is 14.1. The van der Waals surface area contributed by atoms with Crippen molar-refractivity contribution in [3.63, 3.8) is 0 Å². The molecule has 144 valence electrons. The van der Waals surface area contributed by atoms with Crippen molar-refractivity contribution >= 4 is 33.6 Å². The molecule has 8 nitrogen and oxygen atoms in total. The highest BCUT2D eigenvalue weighted by Gasteiger charge is 2.07. The first-order valence-corrected chi connectivity index (χ1v) is 9.16. The third-order valence-electron chi connectivity index (χ3n) is 3.83. The van der Waals surface area contributed by atoms with Crippen LogP contribution in [-0.4, -0.2) is 16.1 Å². The summed E-state index contributed by atoms with van der Waals surface area (Å²) in [5.41, 5.74) is 4.67. The summed E-state index contributed by atoms with van der Waals surface area (Å²) in [5, 5.41) is 24.0. The molecule has 1 N–H and O–H groups in total. The predicted octanol–water partition coefficient (Wildman–Crippen LogP) is 4.65. The number of benzene rings is 2. The van der Waals surface area contributed by atoms with E-state index in [0.717, 1.165) is 16.2 Å². The fourth-order valence-electron chi connectivity index (χ4n) is 2.39. The largest absolute Gasteiger partial charge is 0.488 e. The van der Waals surface area contributed by atoms with Crippen LogP contribution in [0, 0.1) is 21.4 Å². The molecule has 0 unspecified atom stereocenters. The fourth-order valence-corrected chi connectivity index (χ4v) is 2.77. The Labute approximate surface area is 174 Å². The van der Waals surface area contributed by atoms with E-state index in [1.807, 2.05) is 24.3 Å². The van der Waals surface area contributed by atoms with Crippen molar-refractivity contribution in [1.82, 2.24) is 4.98 Å². The molecule has 0 atom stereocenters. The number of nitriles is 1. The average molecular weight is 452 g/mol. The van der Waals surface area contributed by atoms with Crippen molar-refractivity contribution in [2.75, 3.05) is 5.43 Å². The van der Waals surface area contributed by atoms with Crippen LogP contribution in [0.1, 0.15) is 16.7 Å². The molecule has 0 radical (unpaired) electrons. The second kappa shape index (κ2) is 9.43. The molecule has 0 aliphatic rings. The highest BCUT2D eigenvalue weighted by atomic mass is 79.9. The lowest BCUT2D eigenvalue weighted by Gasteiger charge is -2.10. The Hall–Kier alpha value is -3.77. The summed E-state index contributed by atoms with van der Waals surface area (Å²) < 4.78 is 6.73. The summed E-state index contributed by atoms with van der Waals surface area (Å²) in [6.45, 7) is 0.240. The first-order valence-electron chi connectivity index (χ1n) is 8.36. The maximum Gasteiger partial charge on any atom is 0.287 e. The van der Waals surface area contributed by atoms with Crippen molar-refractivity contribution in [1.29, 1.82) is 5.26 Å². The number of aromatic nitrogens is 1. The van der Waals surface area contributed by atoms with Gasteiger partial charge in [0.1, 0.15) is 24.4 Å². The summed E-state index contributed by atoms with van der Waals surface area (Å²) in [6, 6.07) is 17.7. The highest BCUT2D eigenvalue weighted by molar-refractivity contribution is 9.10. The Morgan fingerprint density at radius 3 is 2.83 bits per heavy atom. The summed E-state index contributed by atoms with van der Waals surface area (Å²) >= 11 is 3.42. The maximum absolute atomic E-state index is 10.7. The number of anilines is 1. The number of nitrogens with zero attached hydrogens (tertiary/aromatic N) is 4. The first kappa shape index (κ1) is 20.0. The third kappa shape index (κ3) is 5.37. The Balaban J connectivity index is 1.72. The molecule has 0 bridgehead atoms. The molecule has 0 saturated heterocycles. The van der Waals surface area contributed by atoms with E-state index >= 15 is 0 Å². The van der Waals surface area contributed by atoms with Crippen LogP contribution in [0.4, 0.5) is 11.5 Å². The zero-order valence-electron chi connectivity index (χ0n) is 14.9. The SMILES string of the molecule is N#Cc1ccccc1COc1ccc(Br)cc1/C=N/Nc1ccc([N+](=O)[O-])cn1. The number of hydrazone groups is 1. The van der Waals surface area contributed by atoms with Crippen LogP contribution in [0.15, 0.2) is 70.4 Å². The molecule has 2 aromatic carbocycles. The number of hydrogen-bond acceptors (Lipinski definition) is 7. The van der Waals surface area contributed by atoms with E-state index in [1.165, 1.54) is 12.1 Å². The van der Waals surface area contributed by atoms with E-state index < -0.39 is 4.92 Å². The van der Waals surface area contributed by atoms with Gasteiger partial charge in [-0.25, -0.2) is 4.98 Å². The van der Waals surface area contributed by atoms with Gasteiger partial charge in [-0.3, -0.25) is 15.5 Å². The van der Waals surface area contributed by atoms with Gasteiger partial charge in [0.05, 0.1) is 22.8 Å². The average Bonchev–Trinajstić information content (AvgIpc) is 2.73. The van der Waals surface area contributed by atoms with E-state index in [-0.39, 0.29) is 12.3 Å². The number of pyridine rings is 1. The highest BCUT2D eigenvalue weighted by Crippen LogP contribution is 2.23. The van der Waals surface area contributed by atoms with Gasteiger partial charge in [0.2, 0.25) is 0 Å². The van der Waals surface area contributed by atoms with Crippen LogP contribution >= 0.6 is 15.9 Å². The molecule has 0 fully saturated rings. The smallest absolute Gasteiger partial charge is 0.287 e. The Kier molecular flexibility index (Phi) is 6.50. The molecule has 3 rings (SSSR count). The van der Waals surface area contributed by atoms with Crippen molar-refractivity contribution in [2.45, 2.75) is 6.61 Å². The van der Waals surface area contributed by atoms with Gasteiger partial charge in [0.15, 0.2) is 0 Å². The van der Waals surface area contributed by atoms with Crippen LogP contribution < -0.4 is 10.2 Å². The predicted molar refractivity (Wildman–Crippen MR) is 112 cm³/mol. The van der Waals surface area contributed by atoms with Crippen LogP contribution in [0.2, 0.25) is 0 Å². The van der Waals surface area contributed by atoms with E-state index in [9.17, 15) is 15.4 Å². The lowest BCUT2D eigenvalue weighted by molar-refractivity contribution is -0.385. The van der Waals surface area contributed by atoms with E-state index in [1.54, 1.807) is 24.4 Å². The van der Waals surface area contributed by atoms with E-state index in [2.05, 4.69) is 37.5 Å². The number of ether oxygens (including phenoxy) is 1. The molecule has 3 aromatic rings. The lowest BCUT2D eigenvalue weighted by atomic mass is 10.1. The number of rotatable bonds is 7. The Morgan fingerprint density at radius 1 is 1.28 bits per heavy atom. The Bertz CT molecular complexity index is 1090. The molecular formula is C20H14BrN5O3. The molecule has 9 heteroatoms. The van der Waals surface area contributed by atoms with Crippen LogP contribution in [0.3, 0.4) is 0 Å². The van der Waals surface area contributed by atoms with Crippen LogP contribution in [0.5, 0.6) is 5.75 Å². The van der Waals surface area contributed by atoms with Crippen molar-refractivity contribution < 1.29 is 9.66 Å². The van der Waals surface area contributed by atoms with Crippen molar-refractivity contribution in [3.05, 3.63) is 92.1 Å². The zero-order chi connectivity index (χ0) is 20.6. The standard InChI is InChI=1S/C20H14BrN5O3/c21-17-5-7-19(29-13-15-4-2-1-3-14(15)10-22)16(9-17)11-24-25-20-8-6-18(12-23-20)26(27)28/h1-9,11-12H,13H2,(H,23,25)/b24-11+. The van der Waals surface area contributed by atoms with Gasteiger partial charge in [0.25, 0.3) is 5.69 Å². The molecule has 1 heterocycles. The topological polar surface area (TPSA) is 113 Å². The minimum Gasteiger partial charge on any atom is -0.488 e. The maximum atomic E-state index is 10.7. The van der Waals surface area contributed by atoms with Gasteiger partial charge in [-0.1, -0.05) is 34.1 Å². The van der Waals surface area contributed by atoms with E-state index in [0.29, 0.717) is 22.7 Å². The summed E-state index contributed by atoms with van der Waals surface area (Å²) in [6.07, 6.45) is 2.71. The normalized spacial score (nSPS) is 10.5. The van der Waals surface area contributed by atoms with Gasteiger partial charge >= 0.3 is 0 Å². The second-order valence-electron chi connectivity index (χ2n) is 5.77. The molecule has 1 aromatic heterocycles. The van der Waals surface area contributed by atoms with Crippen LogP contribution in [-0.2, 0) is 6.61 Å². The van der Waals surface area contributed by atoms with Crippen LogP contribution in [0.25, 0.3) is 0 Å². The number of hydrogen-bond donors (Lipinski definition) is 1. The lowest BCUT2D eigenvalue weighted by Crippen LogP contribution is -2.01. The van der Waals surface area contributed by atoms with Crippen molar-refractivity contribution in [2.24, 2.45) is 5.10 Å². The van der Waals surface area contributed by atoms with Crippen molar-refractivity contribution in [3.8, 4) is 11.8 Å². The number of nitrogens with one attached hydrogen (secondary N) is 1. The molecule has 0 spiro atoms. The summed E-state index contributed by atoms with van der Waals surface area (Å²) in [4.78, 5) is 14.1. The minimum atomic E-state index is -0.518. The minimum absolute atomic E-state index is 0.0974. The molecule has 0 aliphatic heterocycles. The number of nitro groups is 1. The quantitative estimate of drug-likeness (QED) is 0.317. The van der Waals surface area contributed by atoms with Gasteiger partial charge in [-0.2, -0.15) is 10.4 Å². The van der Waals surface area contributed by atoms with Gasteiger partial charge in [-0.15, -0.1) is 0 Å². The Morgan fingerprint density at radius 2 is 2.10 bits per heavy atom. The molecule has 0 aliphatic carbocycles. The molecular weight excluding hydrogens is 438 g/mol. The van der Waals surface area contributed by atoms with Gasteiger partial charge in [0, 0.05) is 21.7 Å². The monoisotopic (exact) mass is 451 g/mol. The fraction of sp³-hybridized carbons (Fsp3) is 0.0500. The third-order valence-corrected chi connectivity index (χ3v) is 4.33. The number of halogens is 1.